The number of fused-ring (bicyclic) bond motifs is 1. The first-order valence-corrected chi connectivity index (χ1v) is 10.6. The number of hydrogen-bond donors (Lipinski definition) is 1. The summed E-state index contributed by atoms with van der Waals surface area (Å²) in [6.45, 7) is 0.946. The number of rotatable bonds is 5. The number of aromatic nitrogens is 2. The van der Waals surface area contributed by atoms with E-state index in [1.165, 1.54) is 12.4 Å². The molecule has 0 spiro atoms. The molecule has 5 nitrogen and oxygen atoms in total. The topological polar surface area (TPSA) is 93.6 Å². The molecule has 2 aromatic carbocycles. The highest BCUT2D eigenvalue weighted by Crippen LogP contribution is 2.44. The van der Waals surface area contributed by atoms with Gasteiger partial charge in [0.1, 0.15) is 36.2 Å². The Kier molecular flexibility index (Phi) is 6.51. The van der Waals surface area contributed by atoms with Crippen molar-refractivity contribution < 1.29 is 27.1 Å². The lowest BCUT2D eigenvalue weighted by atomic mass is 9.87. The fourth-order valence-electron chi connectivity index (χ4n) is 4.42. The zero-order valence-electron chi connectivity index (χ0n) is 18.2. The van der Waals surface area contributed by atoms with Crippen molar-refractivity contribution in [2.75, 3.05) is 0 Å². The molecule has 0 saturated heterocycles. The van der Waals surface area contributed by atoms with Crippen LogP contribution in [0.5, 0.6) is 0 Å². The Morgan fingerprint density at radius 1 is 1.11 bits per heavy atom. The number of nitriles is 2. The summed E-state index contributed by atoms with van der Waals surface area (Å²) in [6, 6.07) is 6.17. The van der Waals surface area contributed by atoms with E-state index in [1.807, 2.05) is 0 Å². The van der Waals surface area contributed by atoms with Gasteiger partial charge in [0.15, 0.2) is 6.17 Å². The third kappa shape index (κ3) is 4.33. The van der Waals surface area contributed by atoms with Crippen LogP contribution in [0.2, 0.25) is 0 Å². The molecule has 0 aliphatic heterocycles. The number of hydrogen-bond acceptors (Lipinski definition) is 5. The monoisotopic (exact) mass is 484 g/mol. The van der Waals surface area contributed by atoms with Gasteiger partial charge in [-0.05, 0) is 59.4 Å². The molecular formula is C25H17F5N4O. The van der Waals surface area contributed by atoms with Gasteiger partial charge < -0.3 is 5.11 Å². The van der Waals surface area contributed by atoms with Crippen LogP contribution in [0.1, 0.15) is 58.4 Å². The van der Waals surface area contributed by atoms with E-state index in [2.05, 4.69) is 9.97 Å². The summed E-state index contributed by atoms with van der Waals surface area (Å²) in [5, 5.41) is 28.9. The molecule has 0 bridgehead atoms. The van der Waals surface area contributed by atoms with Crippen molar-refractivity contribution in [3.05, 3.63) is 81.4 Å². The fourth-order valence-corrected chi connectivity index (χ4v) is 4.42. The Morgan fingerprint density at radius 2 is 1.80 bits per heavy atom. The Labute approximate surface area is 197 Å². The van der Waals surface area contributed by atoms with Gasteiger partial charge in [-0.2, -0.15) is 10.5 Å². The SMILES string of the molecule is CC(F)C(F)c1cc(F)cc(C#N)c1Cc1cc(F)c(-c2cnc(C#N)nc2)c2c1CC(F)C2O. The molecule has 1 aliphatic carbocycles. The van der Waals surface area contributed by atoms with E-state index in [0.717, 1.165) is 25.1 Å². The Bertz CT molecular complexity index is 1380. The molecule has 1 N–H and O–H groups in total. The highest BCUT2D eigenvalue weighted by Gasteiger charge is 2.37. The summed E-state index contributed by atoms with van der Waals surface area (Å²) < 4.78 is 72.5. The predicted octanol–water partition coefficient (Wildman–Crippen LogP) is 5.05. The van der Waals surface area contributed by atoms with Gasteiger partial charge in [-0.15, -0.1) is 0 Å². The van der Waals surface area contributed by atoms with E-state index in [0.29, 0.717) is 0 Å². The number of aliphatic hydroxyl groups is 1. The number of alkyl halides is 3. The maximum absolute atomic E-state index is 15.4. The molecular weight excluding hydrogens is 467 g/mol. The van der Waals surface area contributed by atoms with Gasteiger partial charge >= 0.3 is 0 Å². The van der Waals surface area contributed by atoms with Gasteiger partial charge in [-0.1, -0.05) is 0 Å². The zero-order chi connectivity index (χ0) is 25.4. The van der Waals surface area contributed by atoms with E-state index >= 15 is 4.39 Å². The Balaban J connectivity index is 1.91. The maximum Gasteiger partial charge on any atom is 0.232 e. The largest absolute Gasteiger partial charge is 0.385 e. The molecule has 4 unspecified atom stereocenters. The van der Waals surface area contributed by atoms with Crippen LogP contribution in [-0.4, -0.2) is 27.4 Å². The maximum atomic E-state index is 15.4. The van der Waals surface area contributed by atoms with Gasteiger partial charge in [0.2, 0.25) is 5.82 Å². The van der Waals surface area contributed by atoms with Crippen molar-refractivity contribution in [2.45, 2.75) is 44.4 Å². The van der Waals surface area contributed by atoms with E-state index in [9.17, 15) is 27.9 Å². The molecule has 1 aliphatic rings. The van der Waals surface area contributed by atoms with Crippen LogP contribution in [0.25, 0.3) is 11.1 Å². The summed E-state index contributed by atoms with van der Waals surface area (Å²) in [4.78, 5) is 7.58. The van der Waals surface area contributed by atoms with Gasteiger partial charge in [0, 0.05) is 29.9 Å². The number of aliphatic hydroxyl groups excluding tert-OH is 1. The second kappa shape index (κ2) is 9.40. The molecule has 0 fully saturated rings. The second-order valence-electron chi connectivity index (χ2n) is 8.25. The van der Waals surface area contributed by atoms with Crippen LogP contribution in [0.15, 0.2) is 30.6 Å². The van der Waals surface area contributed by atoms with Crippen LogP contribution in [0, 0.1) is 34.3 Å². The summed E-state index contributed by atoms with van der Waals surface area (Å²) >= 11 is 0. The minimum Gasteiger partial charge on any atom is -0.385 e. The lowest BCUT2D eigenvalue weighted by molar-refractivity contribution is 0.0928. The molecule has 35 heavy (non-hydrogen) atoms. The van der Waals surface area contributed by atoms with Crippen LogP contribution in [0.4, 0.5) is 22.0 Å². The molecule has 4 atom stereocenters. The highest BCUT2D eigenvalue weighted by molar-refractivity contribution is 5.72. The zero-order valence-corrected chi connectivity index (χ0v) is 18.2. The normalized spacial score (nSPS) is 18.4. The molecule has 0 amide bonds. The molecule has 0 saturated carbocycles. The minimum absolute atomic E-state index is 0.0567. The van der Waals surface area contributed by atoms with Crippen molar-refractivity contribution in [2.24, 2.45) is 0 Å². The van der Waals surface area contributed by atoms with Crippen molar-refractivity contribution in [1.82, 2.24) is 9.97 Å². The van der Waals surface area contributed by atoms with Gasteiger partial charge in [0.05, 0.1) is 11.6 Å². The van der Waals surface area contributed by atoms with Gasteiger partial charge in [-0.25, -0.2) is 31.9 Å². The Morgan fingerprint density at radius 3 is 2.40 bits per heavy atom. The quantitative estimate of drug-likeness (QED) is 0.512. The minimum atomic E-state index is -2.25. The van der Waals surface area contributed by atoms with Crippen molar-refractivity contribution in [3.63, 3.8) is 0 Å². The van der Waals surface area contributed by atoms with Crippen molar-refractivity contribution in [3.8, 4) is 23.3 Å². The lowest BCUT2D eigenvalue weighted by Crippen LogP contribution is -2.11. The predicted molar refractivity (Wildman–Crippen MR) is 114 cm³/mol. The van der Waals surface area contributed by atoms with Crippen molar-refractivity contribution >= 4 is 0 Å². The standard InChI is InChI=1S/C25H17F5N4O/c1-11(26)24(30)18-5-15(27)2-13(7-31)16(18)3-12-4-19(28)22(14-9-33-21(8-32)34-10-14)23-17(12)6-20(29)25(23)35/h2,4-5,9-11,20,24-25,35H,3,6H2,1H3. The van der Waals surface area contributed by atoms with Crippen molar-refractivity contribution in [1.29, 1.82) is 10.5 Å². The lowest BCUT2D eigenvalue weighted by Gasteiger charge is -2.20. The molecule has 178 valence electrons. The highest BCUT2D eigenvalue weighted by atomic mass is 19.2. The number of benzene rings is 2. The van der Waals surface area contributed by atoms with Gasteiger partial charge in [0.25, 0.3) is 0 Å². The molecule has 10 heteroatoms. The average Bonchev–Trinajstić information content (AvgIpc) is 3.13. The first-order chi connectivity index (χ1) is 16.7. The number of halogens is 5. The summed E-state index contributed by atoms with van der Waals surface area (Å²) in [7, 11) is 0. The smallest absolute Gasteiger partial charge is 0.232 e. The molecule has 3 aromatic rings. The van der Waals surface area contributed by atoms with Crippen LogP contribution in [0.3, 0.4) is 0 Å². The van der Waals surface area contributed by atoms with E-state index < -0.39 is 41.8 Å². The molecule has 1 aromatic heterocycles. The van der Waals surface area contributed by atoms with Gasteiger partial charge in [-0.3, -0.25) is 0 Å². The summed E-state index contributed by atoms with van der Waals surface area (Å²) in [6.07, 6.45) is -6.00. The average molecular weight is 484 g/mol. The van der Waals surface area contributed by atoms with E-state index in [4.69, 9.17) is 5.26 Å². The molecule has 0 radical (unpaired) electrons. The van der Waals surface area contributed by atoms with Crippen LogP contribution in [-0.2, 0) is 12.8 Å². The van der Waals surface area contributed by atoms with E-state index in [1.54, 1.807) is 12.1 Å². The first-order valence-electron chi connectivity index (χ1n) is 10.6. The molecule has 1 heterocycles. The fraction of sp³-hybridized carbons (Fsp3) is 0.280. The van der Waals surface area contributed by atoms with Crippen LogP contribution < -0.4 is 0 Å². The first kappa shape index (κ1) is 24.2. The summed E-state index contributed by atoms with van der Waals surface area (Å²) in [5.41, 5.74) is -0.457. The second-order valence-corrected chi connectivity index (χ2v) is 8.25. The summed E-state index contributed by atoms with van der Waals surface area (Å²) in [5.74, 6) is -1.98. The third-order valence-corrected chi connectivity index (χ3v) is 6.04. The molecule has 4 rings (SSSR count). The Hall–Kier alpha value is -3.89. The van der Waals surface area contributed by atoms with E-state index in [-0.39, 0.29) is 57.6 Å². The number of nitrogens with zero attached hydrogens (tertiary/aromatic N) is 4. The van der Waals surface area contributed by atoms with Crippen LogP contribution >= 0.6 is 0 Å². The third-order valence-electron chi connectivity index (χ3n) is 6.04.